The van der Waals surface area contributed by atoms with Crippen LogP contribution >= 0.6 is 0 Å². The second-order valence-electron chi connectivity index (χ2n) is 5.00. The van der Waals surface area contributed by atoms with E-state index >= 15 is 0 Å². The molecule has 1 heterocycles. The molecular formula is C15H20O4. The maximum absolute atomic E-state index is 12.0. The molecule has 0 spiro atoms. The normalized spacial score (nSPS) is 28.1. The predicted octanol–water partition coefficient (Wildman–Crippen LogP) is 2.37. The van der Waals surface area contributed by atoms with Crippen LogP contribution in [0.15, 0.2) is 30.3 Å². The van der Waals surface area contributed by atoms with E-state index in [1.165, 1.54) is 0 Å². The molecule has 0 aromatic heterocycles. The van der Waals surface area contributed by atoms with E-state index in [1.807, 2.05) is 19.9 Å². The molecule has 1 N–H and O–H groups in total. The Labute approximate surface area is 113 Å². The molecule has 1 aromatic rings. The van der Waals surface area contributed by atoms with Gasteiger partial charge in [-0.25, -0.2) is 4.79 Å². The largest absolute Gasteiger partial charge is 0.456 e. The summed E-state index contributed by atoms with van der Waals surface area (Å²) < 4.78 is 10.9. The molecular weight excluding hydrogens is 244 g/mol. The number of aliphatic hydroxyl groups excluding tert-OH is 1. The minimum Gasteiger partial charge on any atom is -0.456 e. The van der Waals surface area contributed by atoms with Gasteiger partial charge in [0.05, 0.1) is 11.7 Å². The first kappa shape index (κ1) is 14.0. The van der Waals surface area contributed by atoms with Gasteiger partial charge in [0.2, 0.25) is 0 Å². The van der Waals surface area contributed by atoms with E-state index in [0.29, 0.717) is 18.4 Å². The lowest BCUT2D eigenvalue weighted by molar-refractivity contribution is -0.132. The van der Waals surface area contributed by atoms with Gasteiger partial charge < -0.3 is 14.6 Å². The molecule has 1 aliphatic heterocycles. The maximum atomic E-state index is 12.0. The number of hydrogen-bond donors (Lipinski definition) is 1. The molecule has 19 heavy (non-hydrogen) atoms. The van der Waals surface area contributed by atoms with Gasteiger partial charge in [-0.3, -0.25) is 0 Å². The number of aliphatic hydroxyl groups is 1. The molecule has 0 radical (unpaired) electrons. The van der Waals surface area contributed by atoms with E-state index in [1.54, 1.807) is 24.3 Å². The molecule has 4 heteroatoms. The van der Waals surface area contributed by atoms with Gasteiger partial charge in [0, 0.05) is 5.92 Å². The molecule has 4 atom stereocenters. The third-order valence-electron chi connectivity index (χ3n) is 3.49. The van der Waals surface area contributed by atoms with E-state index in [0.717, 1.165) is 0 Å². The lowest BCUT2D eigenvalue weighted by atomic mass is 10.0. The van der Waals surface area contributed by atoms with Crippen molar-refractivity contribution in [3.8, 4) is 0 Å². The Balaban J connectivity index is 1.98. The van der Waals surface area contributed by atoms with Gasteiger partial charge in [0.25, 0.3) is 0 Å². The summed E-state index contributed by atoms with van der Waals surface area (Å²) in [5.41, 5.74) is 0.535. The number of esters is 1. The van der Waals surface area contributed by atoms with Crippen molar-refractivity contribution in [2.24, 2.45) is 5.92 Å². The highest BCUT2D eigenvalue weighted by atomic mass is 16.6. The molecule has 0 amide bonds. The van der Waals surface area contributed by atoms with Crippen molar-refractivity contribution in [3.05, 3.63) is 35.9 Å². The zero-order chi connectivity index (χ0) is 13.8. The standard InChI is InChI=1S/C15H20O4/c1-3-12(13-9-10(2)14(16)19-13)18-15(17)11-7-5-4-6-8-11/h4-8,10,12-14,16H,3,9H2,1-2H3/t10-,12+,13+,14?/m1/s1. The summed E-state index contributed by atoms with van der Waals surface area (Å²) >= 11 is 0. The maximum Gasteiger partial charge on any atom is 0.338 e. The van der Waals surface area contributed by atoms with Crippen LogP contribution in [0.2, 0.25) is 0 Å². The topological polar surface area (TPSA) is 55.8 Å². The molecule has 1 saturated heterocycles. The summed E-state index contributed by atoms with van der Waals surface area (Å²) in [6.07, 6.45) is 0.0918. The van der Waals surface area contributed by atoms with Crippen LogP contribution in [0.1, 0.15) is 37.0 Å². The molecule has 1 fully saturated rings. The summed E-state index contributed by atoms with van der Waals surface area (Å²) in [4.78, 5) is 12.0. The minimum absolute atomic E-state index is 0.0782. The summed E-state index contributed by atoms with van der Waals surface area (Å²) in [6.45, 7) is 3.87. The lowest BCUT2D eigenvalue weighted by Crippen LogP contribution is -2.31. The summed E-state index contributed by atoms with van der Waals surface area (Å²) in [6, 6.07) is 8.90. The van der Waals surface area contributed by atoms with E-state index in [2.05, 4.69) is 0 Å². The van der Waals surface area contributed by atoms with Crippen LogP contribution in [0.4, 0.5) is 0 Å². The van der Waals surface area contributed by atoms with Crippen molar-refractivity contribution >= 4 is 5.97 Å². The fraction of sp³-hybridized carbons (Fsp3) is 0.533. The molecule has 2 rings (SSSR count). The molecule has 1 unspecified atom stereocenters. The number of ether oxygens (including phenoxy) is 2. The molecule has 4 nitrogen and oxygen atoms in total. The zero-order valence-corrected chi connectivity index (χ0v) is 11.3. The summed E-state index contributed by atoms with van der Waals surface area (Å²) in [5.74, 6) is -0.264. The number of benzene rings is 1. The fourth-order valence-electron chi connectivity index (χ4n) is 2.29. The molecule has 0 saturated carbocycles. The van der Waals surface area contributed by atoms with Gasteiger partial charge >= 0.3 is 5.97 Å². The monoisotopic (exact) mass is 264 g/mol. The van der Waals surface area contributed by atoms with Crippen molar-refractivity contribution < 1.29 is 19.4 Å². The van der Waals surface area contributed by atoms with Gasteiger partial charge in [-0.1, -0.05) is 32.0 Å². The van der Waals surface area contributed by atoms with Crippen LogP contribution in [0.3, 0.4) is 0 Å². The highest BCUT2D eigenvalue weighted by Gasteiger charge is 2.36. The van der Waals surface area contributed by atoms with Crippen LogP contribution in [0.5, 0.6) is 0 Å². The van der Waals surface area contributed by atoms with Crippen molar-refractivity contribution in [2.45, 2.75) is 45.2 Å². The minimum atomic E-state index is -0.755. The predicted molar refractivity (Wildman–Crippen MR) is 70.6 cm³/mol. The van der Waals surface area contributed by atoms with Gasteiger partial charge in [-0.15, -0.1) is 0 Å². The Morgan fingerprint density at radius 1 is 1.47 bits per heavy atom. The molecule has 1 aromatic carbocycles. The van der Waals surface area contributed by atoms with Crippen molar-refractivity contribution in [3.63, 3.8) is 0 Å². The van der Waals surface area contributed by atoms with Crippen LogP contribution < -0.4 is 0 Å². The van der Waals surface area contributed by atoms with E-state index in [-0.39, 0.29) is 24.1 Å². The summed E-state index contributed by atoms with van der Waals surface area (Å²) in [5, 5.41) is 9.60. The molecule has 0 aliphatic carbocycles. The van der Waals surface area contributed by atoms with Crippen LogP contribution in [0.25, 0.3) is 0 Å². The van der Waals surface area contributed by atoms with Gasteiger partial charge in [0.15, 0.2) is 6.29 Å². The van der Waals surface area contributed by atoms with Gasteiger partial charge in [-0.2, -0.15) is 0 Å². The Morgan fingerprint density at radius 2 is 2.16 bits per heavy atom. The smallest absolute Gasteiger partial charge is 0.338 e. The Morgan fingerprint density at radius 3 is 2.68 bits per heavy atom. The SMILES string of the molecule is CC[C@H](OC(=O)c1ccccc1)[C@@H]1C[C@@H](C)C(O)O1. The first-order valence-electron chi connectivity index (χ1n) is 6.71. The first-order chi connectivity index (χ1) is 9.11. The van der Waals surface area contributed by atoms with E-state index in [4.69, 9.17) is 9.47 Å². The fourth-order valence-corrected chi connectivity index (χ4v) is 2.29. The van der Waals surface area contributed by atoms with E-state index in [9.17, 15) is 9.90 Å². The highest BCUT2D eigenvalue weighted by Crippen LogP contribution is 2.29. The van der Waals surface area contributed by atoms with Crippen molar-refractivity contribution in [1.29, 1.82) is 0 Å². The Bertz CT molecular complexity index is 407. The highest BCUT2D eigenvalue weighted by molar-refractivity contribution is 5.89. The van der Waals surface area contributed by atoms with Crippen LogP contribution in [-0.2, 0) is 9.47 Å². The number of carbonyl (C=O) groups excluding carboxylic acids is 1. The zero-order valence-electron chi connectivity index (χ0n) is 11.3. The molecule has 104 valence electrons. The average Bonchev–Trinajstić information content (AvgIpc) is 2.76. The number of rotatable bonds is 4. The molecule has 1 aliphatic rings. The van der Waals surface area contributed by atoms with E-state index < -0.39 is 6.29 Å². The van der Waals surface area contributed by atoms with Crippen molar-refractivity contribution in [2.75, 3.05) is 0 Å². The van der Waals surface area contributed by atoms with Crippen LogP contribution in [0, 0.1) is 5.92 Å². The summed E-state index contributed by atoms with van der Waals surface area (Å²) in [7, 11) is 0. The lowest BCUT2D eigenvalue weighted by Gasteiger charge is -2.22. The molecule has 0 bridgehead atoms. The Kier molecular flexibility index (Phi) is 4.56. The van der Waals surface area contributed by atoms with Crippen LogP contribution in [-0.4, -0.2) is 29.6 Å². The quantitative estimate of drug-likeness (QED) is 0.848. The van der Waals surface area contributed by atoms with Crippen molar-refractivity contribution in [1.82, 2.24) is 0 Å². The number of hydrogen-bond acceptors (Lipinski definition) is 4. The number of carbonyl (C=O) groups is 1. The van der Waals surface area contributed by atoms with Gasteiger partial charge in [0.1, 0.15) is 6.10 Å². The third-order valence-corrected chi connectivity index (χ3v) is 3.49. The average molecular weight is 264 g/mol. The Hall–Kier alpha value is -1.39. The first-order valence-corrected chi connectivity index (χ1v) is 6.71. The van der Waals surface area contributed by atoms with Gasteiger partial charge in [-0.05, 0) is 25.0 Å². The second-order valence-corrected chi connectivity index (χ2v) is 5.00. The third kappa shape index (κ3) is 3.33. The second kappa shape index (κ2) is 6.17.